The molecule has 7 nitrogen and oxygen atoms in total. The minimum atomic E-state index is -0.544. The zero-order chi connectivity index (χ0) is 17.4. The molecule has 0 spiro atoms. The number of aromatic nitrogens is 3. The second-order valence-electron chi connectivity index (χ2n) is 6.76. The smallest absolute Gasteiger partial charge is 0.249 e. The normalized spacial score (nSPS) is 19.9. The molecule has 2 amide bonds. The first-order valence-corrected chi connectivity index (χ1v) is 8.71. The molecule has 1 aliphatic carbocycles. The molecule has 0 saturated carbocycles. The van der Waals surface area contributed by atoms with Crippen LogP contribution in [0, 0.1) is 5.92 Å². The molecule has 2 N–H and O–H groups in total. The molecule has 2 atom stereocenters. The van der Waals surface area contributed by atoms with Crippen molar-refractivity contribution >= 4 is 17.5 Å². The lowest BCUT2D eigenvalue weighted by Gasteiger charge is -2.25. The summed E-state index contributed by atoms with van der Waals surface area (Å²) < 4.78 is 0. The first-order valence-electron chi connectivity index (χ1n) is 8.71. The van der Waals surface area contributed by atoms with Gasteiger partial charge >= 0.3 is 0 Å². The lowest BCUT2D eigenvalue weighted by Crippen LogP contribution is -2.48. The molecule has 1 aliphatic heterocycles. The molecule has 2 aromatic rings. The van der Waals surface area contributed by atoms with Crippen LogP contribution in [-0.2, 0) is 28.9 Å². The Balaban J connectivity index is 1.40. The molecule has 0 bridgehead atoms. The number of fused-ring (bicyclic) bond motifs is 2. The summed E-state index contributed by atoms with van der Waals surface area (Å²) in [6.07, 6.45) is 2.91. The van der Waals surface area contributed by atoms with E-state index >= 15 is 0 Å². The van der Waals surface area contributed by atoms with Crippen molar-refractivity contribution in [3.8, 4) is 0 Å². The second kappa shape index (κ2) is 6.31. The monoisotopic (exact) mass is 339 g/mol. The molecule has 0 fully saturated rings. The summed E-state index contributed by atoms with van der Waals surface area (Å²) in [6, 6.07) is 7.38. The molecule has 0 saturated heterocycles. The van der Waals surface area contributed by atoms with Crippen LogP contribution in [0.4, 0.5) is 5.69 Å². The van der Waals surface area contributed by atoms with Gasteiger partial charge in [0.1, 0.15) is 6.04 Å². The summed E-state index contributed by atoms with van der Waals surface area (Å²) >= 11 is 0. The quantitative estimate of drug-likeness (QED) is 0.873. The van der Waals surface area contributed by atoms with Gasteiger partial charge in [0.05, 0.1) is 11.4 Å². The zero-order valence-corrected chi connectivity index (χ0v) is 14.2. The Morgan fingerprint density at radius 3 is 2.92 bits per heavy atom. The van der Waals surface area contributed by atoms with Gasteiger partial charge < -0.3 is 10.2 Å². The van der Waals surface area contributed by atoms with E-state index in [-0.39, 0.29) is 17.7 Å². The van der Waals surface area contributed by atoms with Crippen LogP contribution in [0.2, 0.25) is 0 Å². The van der Waals surface area contributed by atoms with Crippen LogP contribution >= 0.6 is 0 Å². The molecule has 2 unspecified atom stereocenters. The number of aryl methyl sites for hydroxylation is 1. The largest absolute Gasteiger partial charge is 0.344 e. The third-order valence-electron chi connectivity index (χ3n) is 5.13. The molecular formula is C18H21N5O2. The number of nitrogens with zero attached hydrogens (tertiary/aromatic N) is 3. The summed E-state index contributed by atoms with van der Waals surface area (Å²) in [6.45, 7) is 2.43. The highest BCUT2D eigenvalue weighted by atomic mass is 16.2. The SMILES string of the molecule is CC(NC(=O)C1CCc2n[nH]nc2C1)C(=O)N1CCc2ccccc21. The maximum atomic E-state index is 12.8. The van der Waals surface area contributed by atoms with Gasteiger partial charge in [-0.25, -0.2) is 0 Å². The first-order chi connectivity index (χ1) is 12.1. The zero-order valence-electron chi connectivity index (χ0n) is 14.2. The summed E-state index contributed by atoms with van der Waals surface area (Å²) in [5.74, 6) is -0.295. The topological polar surface area (TPSA) is 91.0 Å². The van der Waals surface area contributed by atoms with Crippen LogP contribution in [0.3, 0.4) is 0 Å². The van der Waals surface area contributed by atoms with E-state index in [1.807, 2.05) is 24.3 Å². The van der Waals surface area contributed by atoms with E-state index in [1.165, 1.54) is 5.56 Å². The minimum absolute atomic E-state index is 0.0590. The summed E-state index contributed by atoms with van der Waals surface area (Å²) in [7, 11) is 0. The van der Waals surface area contributed by atoms with Gasteiger partial charge in [0.2, 0.25) is 11.8 Å². The Morgan fingerprint density at radius 1 is 1.24 bits per heavy atom. The lowest BCUT2D eigenvalue weighted by molar-refractivity contribution is -0.130. The highest BCUT2D eigenvalue weighted by Gasteiger charge is 2.32. The Kier molecular flexibility index (Phi) is 3.99. The summed E-state index contributed by atoms with van der Waals surface area (Å²) in [5, 5.41) is 13.7. The van der Waals surface area contributed by atoms with Crippen molar-refractivity contribution in [2.24, 2.45) is 5.92 Å². The predicted octanol–water partition coefficient (Wildman–Crippen LogP) is 1.00. The Bertz CT molecular complexity index is 815. The maximum absolute atomic E-state index is 12.8. The number of para-hydroxylation sites is 1. The van der Waals surface area contributed by atoms with E-state index < -0.39 is 6.04 Å². The van der Waals surface area contributed by atoms with Crippen LogP contribution in [0.5, 0.6) is 0 Å². The van der Waals surface area contributed by atoms with Crippen LogP contribution in [0.1, 0.15) is 30.3 Å². The third kappa shape index (κ3) is 2.90. The average Bonchev–Trinajstić information content (AvgIpc) is 3.26. The molecule has 130 valence electrons. The van der Waals surface area contributed by atoms with Gasteiger partial charge in [-0.2, -0.15) is 15.4 Å². The number of aromatic amines is 1. The Hall–Kier alpha value is -2.70. The van der Waals surface area contributed by atoms with Crippen molar-refractivity contribution in [2.75, 3.05) is 11.4 Å². The highest BCUT2D eigenvalue weighted by Crippen LogP contribution is 2.28. The van der Waals surface area contributed by atoms with Crippen molar-refractivity contribution < 1.29 is 9.59 Å². The number of amides is 2. The molecule has 0 radical (unpaired) electrons. The fourth-order valence-electron chi connectivity index (χ4n) is 3.70. The predicted molar refractivity (Wildman–Crippen MR) is 92.0 cm³/mol. The number of carbonyl (C=O) groups excluding carboxylic acids is 2. The van der Waals surface area contributed by atoms with Crippen molar-refractivity contribution in [2.45, 2.75) is 38.6 Å². The van der Waals surface area contributed by atoms with E-state index in [1.54, 1.807) is 11.8 Å². The number of carbonyl (C=O) groups is 2. The molecule has 7 heteroatoms. The Labute approximate surface area is 145 Å². The number of anilines is 1. The molecule has 1 aromatic carbocycles. The third-order valence-corrected chi connectivity index (χ3v) is 5.13. The molecule has 25 heavy (non-hydrogen) atoms. The summed E-state index contributed by atoms with van der Waals surface area (Å²) in [4.78, 5) is 27.1. The second-order valence-corrected chi connectivity index (χ2v) is 6.76. The van der Waals surface area contributed by atoms with Crippen molar-refractivity contribution in [1.29, 1.82) is 0 Å². The minimum Gasteiger partial charge on any atom is -0.344 e. The molecule has 2 heterocycles. The fraction of sp³-hybridized carbons (Fsp3) is 0.444. The van der Waals surface area contributed by atoms with Crippen molar-refractivity contribution in [3.63, 3.8) is 0 Å². The number of benzene rings is 1. The molecular weight excluding hydrogens is 318 g/mol. The van der Waals surface area contributed by atoms with E-state index in [0.717, 1.165) is 36.3 Å². The number of H-pyrrole nitrogens is 1. The van der Waals surface area contributed by atoms with Gasteiger partial charge in [-0.15, -0.1) is 0 Å². The van der Waals surface area contributed by atoms with Crippen LogP contribution < -0.4 is 10.2 Å². The first kappa shape index (κ1) is 15.8. The maximum Gasteiger partial charge on any atom is 0.249 e. The fourth-order valence-corrected chi connectivity index (χ4v) is 3.70. The van der Waals surface area contributed by atoms with E-state index in [2.05, 4.69) is 20.7 Å². The number of hydrogen-bond donors (Lipinski definition) is 2. The van der Waals surface area contributed by atoms with E-state index in [4.69, 9.17) is 0 Å². The van der Waals surface area contributed by atoms with E-state index in [0.29, 0.717) is 13.0 Å². The van der Waals surface area contributed by atoms with Crippen LogP contribution in [0.25, 0.3) is 0 Å². The van der Waals surface area contributed by atoms with Gasteiger partial charge in [-0.05, 0) is 37.8 Å². The van der Waals surface area contributed by atoms with Crippen molar-refractivity contribution in [1.82, 2.24) is 20.7 Å². The van der Waals surface area contributed by atoms with Gasteiger partial charge in [0.15, 0.2) is 0 Å². The highest BCUT2D eigenvalue weighted by molar-refractivity contribution is 6.00. The van der Waals surface area contributed by atoms with E-state index in [9.17, 15) is 9.59 Å². The van der Waals surface area contributed by atoms with Gasteiger partial charge in [0.25, 0.3) is 0 Å². The molecule has 4 rings (SSSR count). The van der Waals surface area contributed by atoms with Crippen molar-refractivity contribution in [3.05, 3.63) is 41.2 Å². The Morgan fingerprint density at radius 2 is 2.04 bits per heavy atom. The average molecular weight is 339 g/mol. The molecule has 2 aliphatic rings. The van der Waals surface area contributed by atoms with Gasteiger partial charge in [-0.1, -0.05) is 18.2 Å². The number of hydrogen-bond acceptors (Lipinski definition) is 4. The number of rotatable bonds is 3. The lowest BCUT2D eigenvalue weighted by atomic mass is 9.89. The van der Waals surface area contributed by atoms with Gasteiger partial charge in [-0.3, -0.25) is 9.59 Å². The van der Waals surface area contributed by atoms with Crippen LogP contribution in [0.15, 0.2) is 24.3 Å². The number of nitrogens with one attached hydrogen (secondary N) is 2. The van der Waals surface area contributed by atoms with Gasteiger partial charge in [0, 0.05) is 24.6 Å². The standard InChI is InChI=1S/C18H21N5O2/c1-11(18(25)23-9-8-12-4-2-3-5-16(12)23)19-17(24)13-6-7-14-15(10-13)21-22-20-14/h2-5,11,13H,6-10H2,1H3,(H,19,24)(H,20,21,22). The summed E-state index contributed by atoms with van der Waals surface area (Å²) in [5.41, 5.74) is 3.94. The molecule has 1 aromatic heterocycles. The van der Waals surface area contributed by atoms with Crippen LogP contribution in [-0.4, -0.2) is 39.8 Å².